The molecule has 1 aliphatic carbocycles. The minimum atomic E-state index is -0.494. The van der Waals surface area contributed by atoms with Crippen LogP contribution in [0.25, 0.3) is 0 Å². The van der Waals surface area contributed by atoms with Crippen molar-refractivity contribution >= 4 is 23.6 Å². The smallest absolute Gasteiger partial charge is 0.255 e. The zero-order chi connectivity index (χ0) is 19.4. The predicted octanol–water partition coefficient (Wildman–Crippen LogP) is 4.20. The molecule has 0 unspecified atom stereocenters. The van der Waals surface area contributed by atoms with E-state index in [1.54, 1.807) is 28.8 Å². The van der Waals surface area contributed by atoms with Crippen molar-refractivity contribution in [1.29, 1.82) is 0 Å². The second-order valence-electron chi connectivity index (χ2n) is 7.68. The van der Waals surface area contributed by atoms with Crippen LogP contribution >= 0.6 is 11.8 Å². The largest absolute Gasteiger partial charge is 0.352 e. The molecule has 6 heteroatoms. The summed E-state index contributed by atoms with van der Waals surface area (Å²) in [6.07, 6.45) is 6.61. The molecule has 27 heavy (non-hydrogen) atoms. The minimum Gasteiger partial charge on any atom is -0.352 e. The van der Waals surface area contributed by atoms with Crippen molar-refractivity contribution in [3.63, 3.8) is 0 Å². The third kappa shape index (κ3) is 4.65. The van der Waals surface area contributed by atoms with Crippen LogP contribution in [0.2, 0.25) is 0 Å². The number of halogens is 1. The number of nitrogens with zero attached hydrogens (tertiary/aromatic N) is 1. The Morgan fingerprint density at radius 3 is 2.70 bits per heavy atom. The van der Waals surface area contributed by atoms with Crippen LogP contribution < -0.4 is 5.32 Å². The Balaban J connectivity index is 1.86. The van der Waals surface area contributed by atoms with E-state index in [1.807, 2.05) is 13.8 Å². The van der Waals surface area contributed by atoms with E-state index in [0.717, 1.165) is 19.3 Å². The fraction of sp³-hybridized carbons (Fsp3) is 0.619. The van der Waals surface area contributed by atoms with Crippen molar-refractivity contribution in [3.05, 3.63) is 35.6 Å². The first-order valence-corrected chi connectivity index (χ1v) is 11.1. The first-order chi connectivity index (χ1) is 13.0. The number of benzene rings is 1. The standard InChI is InChI=1S/C21H29FN2O2S/c1-3-14(2)23-19(25)18-13-27-21(15-8-5-4-6-9-15)24(18)20(26)16-10-7-11-17(22)12-16/h7,10-12,14-15,18,21H,3-6,8-9,13H2,1-2H3,(H,23,25)/t14-,18-,21-/m0/s1. The molecule has 0 bridgehead atoms. The maximum absolute atomic E-state index is 13.7. The van der Waals surface area contributed by atoms with Crippen LogP contribution in [0.4, 0.5) is 4.39 Å². The highest BCUT2D eigenvalue weighted by Crippen LogP contribution is 2.41. The van der Waals surface area contributed by atoms with Gasteiger partial charge in [-0.15, -0.1) is 11.8 Å². The van der Waals surface area contributed by atoms with Gasteiger partial charge in [0, 0.05) is 17.4 Å². The van der Waals surface area contributed by atoms with Gasteiger partial charge in [-0.1, -0.05) is 32.3 Å². The van der Waals surface area contributed by atoms with Gasteiger partial charge in [0.2, 0.25) is 5.91 Å². The molecule has 1 aromatic carbocycles. The molecule has 1 aromatic rings. The Morgan fingerprint density at radius 2 is 2.04 bits per heavy atom. The molecule has 4 nitrogen and oxygen atoms in total. The van der Waals surface area contributed by atoms with Gasteiger partial charge in [0.1, 0.15) is 11.9 Å². The Bertz CT molecular complexity index is 678. The van der Waals surface area contributed by atoms with E-state index >= 15 is 0 Å². The van der Waals surface area contributed by atoms with Gasteiger partial charge in [-0.05, 0) is 50.3 Å². The summed E-state index contributed by atoms with van der Waals surface area (Å²) in [5, 5.41) is 3.02. The fourth-order valence-electron chi connectivity index (χ4n) is 3.98. The molecule has 2 amide bonds. The van der Waals surface area contributed by atoms with Crippen molar-refractivity contribution in [2.45, 2.75) is 69.8 Å². The molecule has 0 radical (unpaired) electrons. The monoisotopic (exact) mass is 392 g/mol. The molecular formula is C21H29FN2O2S. The molecule has 3 rings (SSSR count). The van der Waals surface area contributed by atoms with Gasteiger partial charge in [-0.25, -0.2) is 4.39 Å². The number of thioether (sulfide) groups is 1. The molecule has 1 heterocycles. The van der Waals surface area contributed by atoms with Crippen LogP contribution in [0, 0.1) is 11.7 Å². The zero-order valence-electron chi connectivity index (χ0n) is 16.1. The highest BCUT2D eigenvalue weighted by atomic mass is 32.2. The second-order valence-corrected chi connectivity index (χ2v) is 8.83. The topological polar surface area (TPSA) is 49.4 Å². The van der Waals surface area contributed by atoms with Crippen molar-refractivity contribution in [2.75, 3.05) is 5.75 Å². The summed E-state index contributed by atoms with van der Waals surface area (Å²) in [5.74, 6) is 0.245. The summed E-state index contributed by atoms with van der Waals surface area (Å²) in [6.45, 7) is 3.99. The average molecular weight is 393 g/mol. The van der Waals surface area contributed by atoms with Crippen molar-refractivity contribution in [3.8, 4) is 0 Å². The Kier molecular flexibility index (Phi) is 6.79. The number of nitrogens with one attached hydrogen (secondary N) is 1. The zero-order valence-corrected chi connectivity index (χ0v) is 16.9. The quantitative estimate of drug-likeness (QED) is 0.817. The highest BCUT2D eigenvalue weighted by molar-refractivity contribution is 8.00. The van der Waals surface area contributed by atoms with E-state index in [0.29, 0.717) is 17.2 Å². The van der Waals surface area contributed by atoms with Crippen molar-refractivity contribution in [1.82, 2.24) is 10.2 Å². The van der Waals surface area contributed by atoms with Crippen LogP contribution in [0.15, 0.2) is 24.3 Å². The predicted molar refractivity (Wildman–Crippen MR) is 107 cm³/mol. The summed E-state index contributed by atoms with van der Waals surface area (Å²) >= 11 is 1.71. The fourth-order valence-corrected chi connectivity index (χ4v) is 5.62. The van der Waals surface area contributed by atoms with Gasteiger partial charge >= 0.3 is 0 Å². The van der Waals surface area contributed by atoms with Crippen LogP contribution in [-0.2, 0) is 4.79 Å². The van der Waals surface area contributed by atoms with E-state index in [-0.39, 0.29) is 23.2 Å². The normalized spacial score (nSPS) is 24.6. The maximum atomic E-state index is 13.7. The molecule has 1 aliphatic heterocycles. The van der Waals surface area contributed by atoms with Gasteiger partial charge in [0.15, 0.2) is 0 Å². The lowest BCUT2D eigenvalue weighted by Crippen LogP contribution is -2.52. The van der Waals surface area contributed by atoms with E-state index in [1.165, 1.54) is 31.4 Å². The van der Waals surface area contributed by atoms with E-state index in [2.05, 4.69) is 5.32 Å². The van der Waals surface area contributed by atoms with Crippen molar-refractivity contribution < 1.29 is 14.0 Å². The lowest BCUT2D eigenvalue weighted by atomic mass is 9.88. The molecule has 148 valence electrons. The van der Waals surface area contributed by atoms with Gasteiger partial charge in [-0.3, -0.25) is 9.59 Å². The number of carbonyl (C=O) groups excluding carboxylic acids is 2. The summed E-state index contributed by atoms with van der Waals surface area (Å²) in [6, 6.07) is 5.37. The molecule has 1 saturated heterocycles. The van der Waals surface area contributed by atoms with Gasteiger partial charge in [0.25, 0.3) is 5.91 Å². The Morgan fingerprint density at radius 1 is 1.30 bits per heavy atom. The molecule has 2 fully saturated rings. The second kappa shape index (κ2) is 9.09. The van der Waals surface area contributed by atoms with Gasteiger partial charge in [-0.2, -0.15) is 0 Å². The first kappa shape index (κ1) is 20.2. The maximum Gasteiger partial charge on any atom is 0.255 e. The van der Waals surface area contributed by atoms with Gasteiger partial charge in [0.05, 0.1) is 5.37 Å². The molecule has 0 aromatic heterocycles. The van der Waals surface area contributed by atoms with E-state index in [9.17, 15) is 14.0 Å². The third-order valence-corrected chi connectivity index (χ3v) is 7.16. The minimum absolute atomic E-state index is 0.00579. The van der Waals surface area contributed by atoms with E-state index in [4.69, 9.17) is 0 Å². The lowest BCUT2D eigenvalue weighted by Gasteiger charge is -2.35. The molecule has 2 aliphatic rings. The van der Waals surface area contributed by atoms with Crippen LogP contribution in [0.1, 0.15) is 62.7 Å². The molecule has 0 spiro atoms. The molecule has 1 N–H and O–H groups in total. The van der Waals surface area contributed by atoms with Crippen LogP contribution in [0.3, 0.4) is 0 Å². The Labute approximate surface area is 165 Å². The first-order valence-electron chi connectivity index (χ1n) is 10.0. The molecule has 1 saturated carbocycles. The highest BCUT2D eigenvalue weighted by Gasteiger charge is 2.45. The third-order valence-electron chi connectivity index (χ3n) is 5.70. The number of hydrogen-bond donors (Lipinski definition) is 1. The summed E-state index contributed by atoms with van der Waals surface area (Å²) in [7, 11) is 0. The van der Waals surface area contributed by atoms with E-state index < -0.39 is 11.9 Å². The summed E-state index contributed by atoms with van der Waals surface area (Å²) < 4.78 is 13.7. The SMILES string of the molecule is CC[C@H](C)NC(=O)[C@@H]1CS[C@@H](C2CCCCC2)N1C(=O)c1cccc(F)c1. The number of rotatable bonds is 5. The van der Waals surface area contributed by atoms with Crippen LogP contribution in [-0.4, -0.2) is 39.9 Å². The summed E-state index contributed by atoms with van der Waals surface area (Å²) in [4.78, 5) is 27.9. The summed E-state index contributed by atoms with van der Waals surface area (Å²) in [5.41, 5.74) is 0.319. The molecular weight excluding hydrogens is 363 g/mol. The van der Waals surface area contributed by atoms with Crippen molar-refractivity contribution in [2.24, 2.45) is 5.92 Å². The lowest BCUT2D eigenvalue weighted by molar-refractivity contribution is -0.125. The number of carbonyl (C=O) groups is 2. The van der Waals surface area contributed by atoms with Crippen LogP contribution in [0.5, 0.6) is 0 Å². The molecule has 3 atom stereocenters. The number of hydrogen-bond acceptors (Lipinski definition) is 3. The average Bonchev–Trinajstić information content (AvgIpc) is 3.13. The van der Waals surface area contributed by atoms with Gasteiger partial charge < -0.3 is 10.2 Å². The Hall–Kier alpha value is -1.56. The number of amides is 2.